The molecule has 0 radical (unpaired) electrons. The molecule has 1 nitrogen and oxygen atoms in total. The van der Waals surface area contributed by atoms with Crippen molar-refractivity contribution < 1.29 is 0 Å². The molecular formula is C13H14BrNS. The van der Waals surface area contributed by atoms with Crippen molar-refractivity contribution in [2.24, 2.45) is 0 Å². The Bertz CT molecular complexity index is 447. The number of rotatable bonds is 4. The topological polar surface area (TPSA) is 12.0 Å². The van der Waals surface area contributed by atoms with Crippen LogP contribution in [0.2, 0.25) is 0 Å². The van der Waals surface area contributed by atoms with Crippen molar-refractivity contribution in [3.8, 4) is 0 Å². The van der Waals surface area contributed by atoms with Gasteiger partial charge in [0.05, 0.1) is 3.79 Å². The third-order valence-corrected chi connectivity index (χ3v) is 4.03. The Hall–Kier alpha value is -0.640. The molecule has 84 valence electrons. The minimum Gasteiger partial charge on any atom is -0.316 e. The molecule has 0 aliphatic heterocycles. The third-order valence-electron chi connectivity index (χ3n) is 2.41. The van der Waals surface area contributed by atoms with Crippen LogP contribution in [0.25, 0.3) is 0 Å². The summed E-state index contributed by atoms with van der Waals surface area (Å²) in [5.41, 5.74) is 2.70. The molecule has 16 heavy (non-hydrogen) atoms. The smallest absolute Gasteiger partial charge is 0.0701 e. The Kier molecular flexibility index (Phi) is 4.16. The highest BCUT2D eigenvalue weighted by Crippen LogP contribution is 2.24. The van der Waals surface area contributed by atoms with Crippen molar-refractivity contribution in [1.82, 2.24) is 5.32 Å². The van der Waals surface area contributed by atoms with E-state index in [1.54, 1.807) is 11.3 Å². The predicted octanol–water partition coefficient (Wildman–Crippen LogP) is 3.82. The number of hydrogen-bond acceptors (Lipinski definition) is 2. The molecule has 0 fully saturated rings. The van der Waals surface area contributed by atoms with Crippen LogP contribution < -0.4 is 5.32 Å². The summed E-state index contributed by atoms with van der Waals surface area (Å²) in [5.74, 6) is 0. The van der Waals surface area contributed by atoms with Crippen molar-refractivity contribution in [2.45, 2.75) is 13.0 Å². The summed E-state index contributed by atoms with van der Waals surface area (Å²) in [6, 6.07) is 13.1. The van der Waals surface area contributed by atoms with Gasteiger partial charge in [-0.25, -0.2) is 0 Å². The Balaban J connectivity index is 2.05. The number of thiophene rings is 1. The van der Waals surface area contributed by atoms with Gasteiger partial charge in [-0.05, 0) is 46.2 Å². The van der Waals surface area contributed by atoms with Crippen LogP contribution in [0.4, 0.5) is 0 Å². The molecule has 0 aliphatic rings. The summed E-state index contributed by atoms with van der Waals surface area (Å²) in [5, 5.41) is 3.15. The van der Waals surface area contributed by atoms with Crippen LogP contribution in [0.15, 0.2) is 40.2 Å². The van der Waals surface area contributed by atoms with Crippen LogP contribution >= 0.6 is 27.3 Å². The third kappa shape index (κ3) is 3.17. The summed E-state index contributed by atoms with van der Waals surface area (Å²) in [6.45, 7) is 0.935. The standard InChI is InChI=1S/C13H14BrNS/c1-15-9-11-4-2-10(3-5-11)8-12-6-7-13(14)16-12/h2-7,15H,8-9H2,1H3. The van der Waals surface area contributed by atoms with Crippen LogP contribution in [0, 0.1) is 0 Å². The van der Waals surface area contributed by atoms with Crippen LogP contribution in [0.5, 0.6) is 0 Å². The molecule has 1 aromatic carbocycles. The van der Waals surface area contributed by atoms with Crippen molar-refractivity contribution in [3.05, 3.63) is 56.2 Å². The second-order valence-electron chi connectivity index (χ2n) is 3.73. The zero-order chi connectivity index (χ0) is 11.4. The zero-order valence-electron chi connectivity index (χ0n) is 9.16. The van der Waals surface area contributed by atoms with Gasteiger partial charge in [0, 0.05) is 17.8 Å². The fourth-order valence-electron chi connectivity index (χ4n) is 1.63. The fourth-order valence-corrected chi connectivity index (χ4v) is 3.14. The van der Waals surface area contributed by atoms with Gasteiger partial charge in [-0.2, -0.15) is 0 Å². The first kappa shape index (κ1) is 11.8. The van der Waals surface area contributed by atoms with E-state index in [1.807, 2.05) is 7.05 Å². The van der Waals surface area contributed by atoms with E-state index in [0.717, 1.165) is 13.0 Å². The lowest BCUT2D eigenvalue weighted by atomic mass is 10.1. The van der Waals surface area contributed by atoms with Crippen LogP contribution in [0.3, 0.4) is 0 Å². The predicted molar refractivity (Wildman–Crippen MR) is 74.0 cm³/mol. The first-order valence-electron chi connectivity index (χ1n) is 5.24. The lowest BCUT2D eigenvalue weighted by Crippen LogP contribution is -2.04. The van der Waals surface area contributed by atoms with E-state index in [-0.39, 0.29) is 0 Å². The van der Waals surface area contributed by atoms with Gasteiger partial charge in [-0.15, -0.1) is 11.3 Å². The van der Waals surface area contributed by atoms with E-state index >= 15 is 0 Å². The highest BCUT2D eigenvalue weighted by atomic mass is 79.9. The lowest BCUT2D eigenvalue weighted by molar-refractivity contribution is 0.817. The molecule has 2 rings (SSSR count). The molecule has 3 heteroatoms. The summed E-state index contributed by atoms with van der Waals surface area (Å²) >= 11 is 5.29. The molecule has 0 unspecified atom stereocenters. The second-order valence-corrected chi connectivity index (χ2v) is 6.28. The minimum absolute atomic E-state index is 0.935. The largest absolute Gasteiger partial charge is 0.316 e. The first-order chi connectivity index (χ1) is 7.78. The SMILES string of the molecule is CNCc1ccc(Cc2ccc(Br)s2)cc1. The Morgan fingerprint density at radius 2 is 1.75 bits per heavy atom. The van der Waals surface area contributed by atoms with Crippen molar-refractivity contribution >= 4 is 27.3 Å². The molecule has 0 aliphatic carbocycles. The van der Waals surface area contributed by atoms with Gasteiger partial charge in [0.25, 0.3) is 0 Å². The maximum absolute atomic E-state index is 3.49. The van der Waals surface area contributed by atoms with Gasteiger partial charge in [0.2, 0.25) is 0 Å². The van der Waals surface area contributed by atoms with Gasteiger partial charge in [-0.3, -0.25) is 0 Å². The van der Waals surface area contributed by atoms with E-state index < -0.39 is 0 Å². The van der Waals surface area contributed by atoms with Crippen molar-refractivity contribution in [1.29, 1.82) is 0 Å². The van der Waals surface area contributed by atoms with E-state index in [0.29, 0.717) is 0 Å². The molecule has 0 saturated carbocycles. The molecule has 1 heterocycles. The zero-order valence-corrected chi connectivity index (χ0v) is 11.6. The van der Waals surface area contributed by atoms with Crippen LogP contribution in [0.1, 0.15) is 16.0 Å². The molecule has 0 amide bonds. The van der Waals surface area contributed by atoms with Crippen LogP contribution in [-0.4, -0.2) is 7.05 Å². The molecule has 1 N–H and O–H groups in total. The average molecular weight is 296 g/mol. The highest BCUT2D eigenvalue weighted by molar-refractivity contribution is 9.11. The number of benzene rings is 1. The maximum atomic E-state index is 3.49. The maximum Gasteiger partial charge on any atom is 0.0701 e. The summed E-state index contributed by atoms with van der Waals surface area (Å²) in [7, 11) is 1.97. The molecular weight excluding hydrogens is 282 g/mol. The highest BCUT2D eigenvalue weighted by Gasteiger charge is 2.00. The number of halogens is 1. The van der Waals surface area contributed by atoms with Gasteiger partial charge < -0.3 is 5.32 Å². The van der Waals surface area contributed by atoms with E-state index in [4.69, 9.17) is 0 Å². The van der Waals surface area contributed by atoms with Gasteiger partial charge >= 0.3 is 0 Å². The second kappa shape index (κ2) is 5.62. The summed E-state index contributed by atoms with van der Waals surface area (Å²) < 4.78 is 1.20. The Morgan fingerprint density at radius 3 is 2.31 bits per heavy atom. The van der Waals surface area contributed by atoms with E-state index in [1.165, 1.54) is 19.8 Å². The number of nitrogens with one attached hydrogen (secondary N) is 1. The van der Waals surface area contributed by atoms with Gasteiger partial charge in [0.15, 0.2) is 0 Å². The molecule has 2 aromatic rings. The number of hydrogen-bond donors (Lipinski definition) is 1. The molecule has 0 atom stereocenters. The molecule has 0 bridgehead atoms. The monoisotopic (exact) mass is 295 g/mol. The quantitative estimate of drug-likeness (QED) is 0.904. The average Bonchev–Trinajstić information content (AvgIpc) is 2.67. The summed E-state index contributed by atoms with van der Waals surface area (Å²) in [4.78, 5) is 1.40. The first-order valence-corrected chi connectivity index (χ1v) is 6.85. The Labute approximate surface area is 109 Å². The van der Waals surface area contributed by atoms with E-state index in [9.17, 15) is 0 Å². The normalized spacial score (nSPS) is 10.6. The summed E-state index contributed by atoms with van der Waals surface area (Å²) in [6.07, 6.45) is 1.02. The van der Waals surface area contributed by atoms with Crippen molar-refractivity contribution in [2.75, 3.05) is 7.05 Å². The molecule has 0 spiro atoms. The van der Waals surface area contributed by atoms with Crippen molar-refractivity contribution in [3.63, 3.8) is 0 Å². The Morgan fingerprint density at radius 1 is 1.06 bits per heavy atom. The molecule has 0 saturated heterocycles. The fraction of sp³-hybridized carbons (Fsp3) is 0.231. The molecule has 1 aromatic heterocycles. The van der Waals surface area contributed by atoms with Crippen LogP contribution in [-0.2, 0) is 13.0 Å². The van der Waals surface area contributed by atoms with Gasteiger partial charge in [-0.1, -0.05) is 24.3 Å². The minimum atomic E-state index is 0.935. The lowest BCUT2D eigenvalue weighted by Gasteiger charge is -2.02. The van der Waals surface area contributed by atoms with E-state index in [2.05, 4.69) is 57.6 Å². The van der Waals surface area contributed by atoms with Gasteiger partial charge in [0.1, 0.15) is 0 Å².